The molecule has 0 unspecified atom stereocenters. The highest BCUT2D eigenvalue weighted by Crippen LogP contribution is 2.42. The smallest absolute Gasteiger partial charge is 0.160 e. The van der Waals surface area contributed by atoms with E-state index in [-0.39, 0.29) is 0 Å². The van der Waals surface area contributed by atoms with Crippen molar-refractivity contribution in [3.63, 3.8) is 0 Å². The number of thiophene rings is 1. The van der Waals surface area contributed by atoms with Gasteiger partial charge in [0.2, 0.25) is 0 Å². The molecule has 0 aliphatic heterocycles. The number of aromatic nitrogens is 3. The average Bonchev–Trinajstić information content (AvgIpc) is 3.58. The minimum absolute atomic E-state index is 0.697. The van der Waals surface area contributed by atoms with E-state index in [4.69, 9.17) is 9.97 Å². The highest BCUT2D eigenvalue weighted by molar-refractivity contribution is 7.26. The summed E-state index contributed by atoms with van der Waals surface area (Å²) in [6.45, 7) is 0. The molecule has 49 heavy (non-hydrogen) atoms. The molecule has 0 amide bonds. The molecular formula is C45H29N3S. The van der Waals surface area contributed by atoms with Crippen molar-refractivity contribution in [1.82, 2.24) is 15.0 Å². The van der Waals surface area contributed by atoms with Gasteiger partial charge < -0.3 is 0 Å². The van der Waals surface area contributed by atoms with Crippen molar-refractivity contribution in [3.8, 4) is 67.3 Å². The van der Waals surface area contributed by atoms with Crippen LogP contribution in [0.1, 0.15) is 0 Å². The number of fused-ring (bicyclic) bond motifs is 3. The van der Waals surface area contributed by atoms with Crippen molar-refractivity contribution in [2.24, 2.45) is 0 Å². The topological polar surface area (TPSA) is 38.7 Å². The molecule has 3 heterocycles. The van der Waals surface area contributed by atoms with Crippen LogP contribution >= 0.6 is 11.3 Å². The highest BCUT2D eigenvalue weighted by Gasteiger charge is 2.16. The molecule has 0 bridgehead atoms. The standard InChI is InChI=1S/C45H29N3S/c1-3-11-30(12-4-1)35-25-36(38-17-9-18-40-39-16-7-8-19-43(39)49-44(38)40)27-37(26-35)42-28-41(47-45(48-42)33-13-5-2-6-14-33)32-22-20-31(21-23-32)34-15-10-24-46-29-34/h1-29H. The summed E-state index contributed by atoms with van der Waals surface area (Å²) in [6.07, 6.45) is 3.69. The molecule has 0 saturated carbocycles. The Morgan fingerprint density at radius 3 is 1.78 bits per heavy atom. The van der Waals surface area contributed by atoms with Crippen LogP contribution in [0.25, 0.3) is 87.5 Å². The molecule has 0 spiro atoms. The second-order valence-electron chi connectivity index (χ2n) is 12.1. The van der Waals surface area contributed by atoms with Gasteiger partial charge in [-0.3, -0.25) is 4.98 Å². The molecule has 9 rings (SSSR count). The van der Waals surface area contributed by atoms with Gasteiger partial charge in [-0.05, 0) is 69.8 Å². The zero-order chi connectivity index (χ0) is 32.6. The number of hydrogen-bond donors (Lipinski definition) is 0. The van der Waals surface area contributed by atoms with Crippen LogP contribution in [0.4, 0.5) is 0 Å². The maximum atomic E-state index is 5.21. The molecule has 9 aromatic rings. The third-order valence-corrected chi connectivity index (χ3v) is 10.2. The fourth-order valence-corrected chi connectivity index (χ4v) is 7.77. The summed E-state index contributed by atoms with van der Waals surface area (Å²) >= 11 is 1.86. The van der Waals surface area contributed by atoms with E-state index in [1.807, 2.05) is 41.8 Å². The van der Waals surface area contributed by atoms with E-state index in [0.29, 0.717) is 5.82 Å². The Bertz CT molecular complexity index is 2580. The number of hydrogen-bond acceptors (Lipinski definition) is 4. The normalized spacial score (nSPS) is 11.3. The second-order valence-corrected chi connectivity index (χ2v) is 13.1. The Balaban J connectivity index is 1.24. The van der Waals surface area contributed by atoms with Crippen LogP contribution in [0.15, 0.2) is 176 Å². The molecule has 230 valence electrons. The van der Waals surface area contributed by atoms with Gasteiger partial charge in [0.05, 0.1) is 11.4 Å². The van der Waals surface area contributed by atoms with E-state index in [1.54, 1.807) is 6.20 Å². The second kappa shape index (κ2) is 12.4. The maximum absolute atomic E-state index is 5.21. The predicted molar refractivity (Wildman–Crippen MR) is 205 cm³/mol. The van der Waals surface area contributed by atoms with Crippen molar-refractivity contribution in [2.45, 2.75) is 0 Å². The van der Waals surface area contributed by atoms with Gasteiger partial charge in [-0.2, -0.15) is 0 Å². The maximum Gasteiger partial charge on any atom is 0.160 e. The van der Waals surface area contributed by atoms with E-state index >= 15 is 0 Å². The molecule has 0 N–H and O–H groups in total. The summed E-state index contributed by atoms with van der Waals surface area (Å²) in [5.74, 6) is 0.697. The molecule has 0 aliphatic rings. The third kappa shape index (κ3) is 5.58. The van der Waals surface area contributed by atoms with Gasteiger partial charge in [-0.15, -0.1) is 11.3 Å². The van der Waals surface area contributed by atoms with Crippen molar-refractivity contribution in [1.29, 1.82) is 0 Å². The Kier molecular flexibility index (Phi) is 7.34. The van der Waals surface area contributed by atoms with Gasteiger partial charge in [-0.1, -0.05) is 127 Å². The Labute approximate surface area is 288 Å². The number of benzene rings is 6. The first kappa shape index (κ1) is 29.0. The largest absolute Gasteiger partial charge is 0.264 e. The highest BCUT2D eigenvalue weighted by atomic mass is 32.1. The van der Waals surface area contributed by atoms with E-state index in [2.05, 4.69) is 145 Å². The van der Waals surface area contributed by atoms with Crippen LogP contribution in [0.2, 0.25) is 0 Å². The fourth-order valence-electron chi connectivity index (χ4n) is 6.53. The lowest BCUT2D eigenvalue weighted by Gasteiger charge is -2.14. The summed E-state index contributed by atoms with van der Waals surface area (Å²) < 4.78 is 2.59. The van der Waals surface area contributed by atoms with Crippen LogP contribution in [0, 0.1) is 0 Å². The molecule has 3 aromatic heterocycles. The summed E-state index contributed by atoms with van der Waals surface area (Å²) in [6, 6.07) is 57.8. The van der Waals surface area contributed by atoms with Crippen molar-refractivity contribution in [3.05, 3.63) is 176 Å². The number of pyridine rings is 1. The minimum Gasteiger partial charge on any atom is -0.264 e. The zero-order valence-electron chi connectivity index (χ0n) is 26.5. The lowest BCUT2D eigenvalue weighted by molar-refractivity contribution is 1.18. The predicted octanol–water partition coefficient (Wildman–Crippen LogP) is 12.2. The van der Waals surface area contributed by atoms with E-state index in [1.165, 1.54) is 25.7 Å². The Morgan fingerprint density at radius 2 is 1.00 bits per heavy atom. The van der Waals surface area contributed by atoms with Crippen molar-refractivity contribution < 1.29 is 0 Å². The summed E-state index contributed by atoms with van der Waals surface area (Å²) in [5.41, 5.74) is 11.7. The van der Waals surface area contributed by atoms with E-state index in [0.717, 1.165) is 55.9 Å². The quantitative estimate of drug-likeness (QED) is 0.181. The third-order valence-electron chi connectivity index (χ3n) is 8.98. The van der Waals surface area contributed by atoms with E-state index in [9.17, 15) is 0 Å². The molecule has 0 aliphatic carbocycles. The number of rotatable bonds is 6. The average molecular weight is 644 g/mol. The molecule has 0 fully saturated rings. The minimum atomic E-state index is 0.697. The molecule has 0 radical (unpaired) electrons. The molecule has 4 heteroatoms. The van der Waals surface area contributed by atoms with Crippen molar-refractivity contribution >= 4 is 31.5 Å². The van der Waals surface area contributed by atoms with Crippen LogP contribution in [-0.4, -0.2) is 15.0 Å². The van der Waals surface area contributed by atoms with Gasteiger partial charge in [0, 0.05) is 49.3 Å². The first-order valence-electron chi connectivity index (χ1n) is 16.3. The van der Waals surface area contributed by atoms with Gasteiger partial charge >= 0.3 is 0 Å². The van der Waals surface area contributed by atoms with Gasteiger partial charge in [0.15, 0.2) is 5.82 Å². The first-order valence-corrected chi connectivity index (χ1v) is 17.2. The van der Waals surface area contributed by atoms with Crippen LogP contribution in [-0.2, 0) is 0 Å². The van der Waals surface area contributed by atoms with Gasteiger partial charge in [0.1, 0.15) is 0 Å². The van der Waals surface area contributed by atoms with Crippen LogP contribution in [0.3, 0.4) is 0 Å². The summed E-state index contributed by atoms with van der Waals surface area (Å²) in [4.78, 5) is 14.6. The fraction of sp³-hybridized carbons (Fsp3) is 0. The summed E-state index contributed by atoms with van der Waals surface area (Å²) in [5, 5.41) is 2.58. The Morgan fingerprint density at radius 1 is 0.388 bits per heavy atom. The lowest BCUT2D eigenvalue weighted by Crippen LogP contribution is -1.96. The zero-order valence-corrected chi connectivity index (χ0v) is 27.3. The van der Waals surface area contributed by atoms with E-state index < -0.39 is 0 Å². The lowest BCUT2D eigenvalue weighted by atomic mass is 9.94. The molecule has 0 atom stereocenters. The first-order chi connectivity index (χ1) is 24.3. The summed E-state index contributed by atoms with van der Waals surface area (Å²) in [7, 11) is 0. The van der Waals surface area contributed by atoms with Crippen LogP contribution in [0.5, 0.6) is 0 Å². The van der Waals surface area contributed by atoms with Crippen molar-refractivity contribution in [2.75, 3.05) is 0 Å². The molecule has 3 nitrogen and oxygen atoms in total. The molecule has 6 aromatic carbocycles. The monoisotopic (exact) mass is 643 g/mol. The molecular weight excluding hydrogens is 615 g/mol. The number of nitrogens with zero attached hydrogens (tertiary/aromatic N) is 3. The molecule has 0 saturated heterocycles. The van der Waals surface area contributed by atoms with Gasteiger partial charge in [0.25, 0.3) is 0 Å². The Hall–Kier alpha value is -6.23. The van der Waals surface area contributed by atoms with Gasteiger partial charge in [-0.25, -0.2) is 9.97 Å². The SMILES string of the molecule is c1ccc(-c2cc(-c3cc(-c4ccc(-c5cccnc5)cc4)nc(-c4ccccc4)n3)cc(-c3cccc4c3sc3ccccc34)c2)cc1. The van der Waals surface area contributed by atoms with Crippen LogP contribution < -0.4 is 0 Å².